The molecule has 0 spiro atoms. The molecule has 1 N–H and O–H groups in total. The first-order valence-electron chi connectivity index (χ1n) is 9.04. The first-order chi connectivity index (χ1) is 12.6. The summed E-state index contributed by atoms with van der Waals surface area (Å²) in [6.45, 7) is 5.76. The van der Waals surface area contributed by atoms with Gasteiger partial charge in [-0.1, -0.05) is 31.2 Å². The standard InChI is InChI=1S/C20H30N4OS.HI/c1-6-16-7-9-17(10-8-16)11-12-22-20(21-3)24(4)13-18-14-26-19(23-18)15(2)25-5;/h7-10,14-15H,6,11-13H2,1-5H3,(H,21,22);1H. The van der Waals surface area contributed by atoms with E-state index in [1.54, 1.807) is 18.4 Å². The predicted octanol–water partition coefficient (Wildman–Crippen LogP) is 4.28. The van der Waals surface area contributed by atoms with Crippen molar-refractivity contribution in [2.75, 3.05) is 27.7 Å². The Bertz CT molecular complexity index is 702. The molecule has 0 fully saturated rings. The maximum atomic E-state index is 5.33. The topological polar surface area (TPSA) is 49.8 Å². The van der Waals surface area contributed by atoms with Crippen molar-refractivity contribution in [2.24, 2.45) is 4.99 Å². The lowest BCUT2D eigenvalue weighted by atomic mass is 10.1. The van der Waals surface area contributed by atoms with Gasteiger partial charge in [0.2, 0.25) is 0 Å². The molecule has 150 valence electrons. The number of halogens is 1. The Hall–Kier alpha value is -1.19. The van der Waals surface area contributed by atoms with E-state index in [-0.39, 0.29) is 30.1 Å². The fourth-order valence-electron chi connectivity index (χ4n) is 2.65. The van der Waals surface area contributed by atoms with Crippen molar-refractivity contribution in [3.63, 3.8) is 0 Å². The third-order valence-corrected chi connectivity index (χ3v) is 5.43. The lowest BCUT2D eigenvalue weighted by molar-refractivity contribution is 0.119. The number of nitrogens with one attached hydrogen (secondary N) is 1. The molecule has 0 radical (unpaired) electrons. The van der Waals surface area contributed by atoms with Gasteiger partial charge in [0.15, 0.2) is 5.96 Å². The molecule has 0 aliphatic rings. The average Bonchev–Trinajstić information content (AvgIpc) is 3.13. The monoisotopic (exact) mass is 502 g/mol. The van der Waals surface area contributed by atoms with Crippen molar-refractivity contribution >= 4 is 41.3 Å². The summed E-state index contributed by atoms with van der Waals surface area (Å²) in [7, 11) is 5.55. The summed E-state index contributed by atoms with van der Waals surface area (Å²) in [4.78, 5) is 11.1. The van der Waals surface area contributed by atoms with Crippen LogP contribution in [0.15, 0.2) is 34.6 Å². The molecule has 0 amide bonds. The molecule has 1 aromatic carbocycles. The fraction of sp³-hybridized carbons (Fsp3) is 0.500. The molecule has 0 aliphatic carbocycles. The molecule has 27 heavy (non-hydrogen) atoms. The third kappa shape index (κ3) is 7.38. The maximum absolute atomic E-state index is 5.33. The van der Waals surface area contributed by atoms with E-state index in [1.807, 2.05) is 21.0 Å². The van der Waals surface area contributed by atoms with Gasteiger partial charge in [-0.15, -0.1) is 35.3 Å². The van der Waals surface area contributed by atoms with E-state index in [2.05, 4.69) is 56.8 Å². The van der Waals surface area contributed by atoms with Crippen molar-refractivity contribution in [1.82, 2.24) is 15.2 Å². The van der Waals surface area contributed by atoms with Gasteiger partial charge in [-0.05, 0) is 30.9 Å². The van der Waals surface area contributed by atoms with Crippen LogP contribution in [0.5, 0.6) is 0 Å². The zero-order valence-electron chi connectivity index (χ0n) is 16.9. The minimum Gasteiger partial charge on any atom is -0.375 e. The van der Waals surface area contributed by atoms with Gasteiger partial charge < -0.3 is 15.0 Å². The number of aromatic nitrogens is 1. The highest BCUT2D eigenvalue weighted by Gasteiger charge is 2.12. The van der Waals surface area contributed by atoms with Crippen LogP contribution in [0, 0.1) is 0 Å². The van der Waals surface area contributed by atoms with Crippen LogP contribution >= 0.6 is 35.3 Å². The highest BCUT2D eigenvalue weighted by molar-refractivity contribution is 14.0. The van der Waals surface area contributed by atoms with Gasteiger partial charge >= 0.3 is 0 Å². The van der Waals surface area contributed by atoms with Crippen molar-refractivity contribution < 1.29 is 4.74 Å². The Morgan fingerprint density at radius 3 is 2.56 bits per heavy atom. The van der Waals surface area contributed by atoms with Crippen LogP contribution in [0.2, 0.25) is 0 Å². The molecule has 0 bridgehead atoms. The normalized spacial score (nSPS) is 12.4. The van der Waals surface area contributed by atoms with E-state index in [9.17, 15) is 0 Å². The van der Waals surface area contributed by atoms with Crippen molar-refractivity contribution in [1.29, 1.82) is 0 Å². The second-order valence-corrected chi connectivity index (χ2v) is 7.19. The lowest BCUT2D eigenvalue weighted by Crippen LogP contribution is -2.39. The number of aliphatic imine (C=N–C) groups is 1. The Balaban J connectivity index is 0.00000364. The SMILES string of the molecule is CCc1ccc(CCNC(=NC)N(C)Cc2csc(C(C)OC)n2)cc1.I. The summed E-state index contributed by atoms with van der Waals surface area (Å²) in [5, 5.41) is 6.53. The van der Waals surface area contributed by atoms with E-state index in [4.69, 9.17) is 4.74 Å². The molecule has 1 heterocycles. The Morgan fingerprint density at radius 1 is 1.30 bits per heavy atom. The fourth-order valence-corrected chi connectivity index (χ4v) is 3.49. The summed E-state index contributed by atoms with van der Waals surface area (Å²) in [5.74, 6) is 0.879. The van der Waals surface area contributed by atoms with E-state index in [1.165, 1.54) is 11.1 Å². The van der Waals surface area contributed by atoms with Gasteiger partial charge in [0, 0.05) is 33.1 Å². The summed E-state index contributed by atoms with van der Waals surface area (Å²) >= 11 is 1.64. The largest absolute Gasteiger partial charge is 0.375 e. The van der Waals surface area contributed by atoms with Crippen LogP contribution in [-0.2, 0) is 24.1 Å². The molecule has 1 aromatic heterocycles. The zero-order chi connectivity index (χ0) is 18.9. The number of thiazole rings is 1. The van der Waals surface area contributed by atoms with Crippen LogP contribution in [-0.4, -0.2) is 43.6 Å². The maximum Gasteiger partial charge on any atom is 0.193 e. The number of benzene rings is 1. The second-order valence-electron chi connectivity index (χ2n) is 6.31. The van der Waals surface area contributed by atoms with Gasteiger partial charge in [-0.25, -0.2) is 4.98 Å². The molecule has 0 saturated heterocycles. The molecule has 7 heteroatoms. The Morgan fingerprint density at radius 2 is 1.96 bits per heavy atom. The number of nitrogens with zero attached hydrogens (tertiary/aromatic N) is 3. The molecule has 5 nitrogen and oxygen atoms in total. The Kier molecular flexibility index (Phi) is 10.9. The third-order valence-electron chi connectivity index (χ3n) is 4.37. The minimum atomic E-state index is 0. The number of rotatable bonds is 8. The minimum absolute atomic E-state index is 0. The highest BCUT2D eigenvalue weighted by atomic mass is 127. The first-order valence-corrected chi connectivity index (χ1v) is 9.92. The van der Waals surface area contributed by atoms with Crippen LogP contribution < -0.4 is 5.32 Å². The number of hydrogen-bond acceptors (Lipinski definition) is 4. The number of methoxy groups -OCH3 is 1. The van der Waals surface area contributed by atoms with Gasteiger partial charge in [0.25, 0.3) is 0 Å². The van der Waals surface area contributed by atoms with Gasteiger partial charge in [-0.2, -0.15) is 0 Å². The van der Waals surface area contributed by atoms with Gasteiger partial charge in [0.1, 0.15) is 11.1 Å². The quantitative estimate of drug-likeness (QED) is 0.333. The van der Waals surface area contributed by atoms with E-state index >= 15 is 0 Å². The molecule has 1 atom stereocenters. The Labute approximate surface area is 184 Å². The van der Waals surface area contributed by atoms with Crippen LogP contribution in [0.4, 0.5) is 0 Å². The van der Waals surface area contributed by atoms with Crippen LogP contribution in [0.1, 0.15) is 41.8 Å². The van der Waals surface area contributed by atoms with Crippen molar-refractivity contribution in [2.45, 2.75) is 39.3 Å². The molecule has 0 aliphatic heterocycles. The van der Waals surface area contributed by atoms with E-state index in [0.717, 1.165) is 42.6 Å². The highest BCUT2D eigenvalue weighted by Crippen LogP contribution is 2.20. The summed E-state index contributed by atoms with van der Waals surface area (Å²) < 4.78 is 5.33. The summed E-state index contributed by atoms with van der Waals surface area (Å²) in [6.07, 6.45) is 2.09. The average molecular weight is 502 g/mol. The second kappa shape index (κ2) is 12.3. The first kappa shape index (κ1) is 23.8. The van der Waals surface area contributed by atoms with E-state index in [0.29, 0.717) is 0 Å². The number of aryl methyl sites for hydroxylation is 1. The summed E-state index contributed by atoms with van der Waals surface area (Å²) in [6, 6.07) is 8.83. The molecular weight excluding hydrogens is 471 g/mol. The van der Waals surface area contributed by atoms with Crippen molar-refractivity contribution in [3.8, 4) is 0 Å². The van der Waals surface area contributed by atoms with Gasteiger partial charge in [0.05, 0.1) is 12.2 Å². The molecule has 2 aromatic rings. The lowest BCUT2D eigenvalue weighted by Gasteiger charge is -2.21. The molecule has 0 saturated carbocycles. The predicted molar refractivity (Wildman–Crippen MR) is 125 cm³/mol. The summed E-state index contributed by atoms with van der Waals surface area (Å²) in [5.41, 5.74) is 3.75. The molecule has 1 unspecified atom stereocenters. The number of hydrogen-bond donors (Lipinski definition) is 1. The van der Waals surface area contributed by atoms with Crippen LogP contribution in [0.25, 0.3) is 0 Å². The van der Waals surface area contributed by atoms with Gasteiger partial charge in [-0.3, -0.25) is 4.99 Å². The molecular formula is C20H31IN4OS. The number of guanidine groups is 1. The van der Waals surface area contributed by atoms with Crippen molar-refractivity contribution in [3.05, 3.63) is 51.5 Å². The van der Waals surface area contributed by atoms with Crippen LogP contribution in [0.3, 0.4) is 0 Å². The zero-order valence-corrected chi connectivity index (χ0v) is 20.0. The molecule has 2 rings (SSSR count). The number of ether oxygens (including phenoxy) is 1. The smallest absolute Gasteiger partial charge is 0.193 e. The van der Waals surface area contributed by atoms with E-state index < -0.39 is 0 Å².